The summed E-state index contributed by atoms with van der Waals surface area (Å²) in [6, 6.07) is 6.37. The van der Waals surface area contributed by atoms with Crippen LogP contribution in [0.15, 0.2) is 46.5 Å². The molecule has 0 unspecified atom stereocenters. The van der Waals surface area contributed by atoms with Crippen molar-refractivity contribution in [2.75, 3.05) is 6.26 Å². The molecule has 0 aliphatic heterocycles. The largest absolute Gasteiger partial charge is 0.452 e. The first-order valence-electron chi connectivity index (χ1n) is 7.68. The summed E-state index contributed by atoms with van der Waals surface area (Å²) in [7, 11) is -3.70. The lowest BCUT2D eigenvalue weighted by atomic mass is 10.3. The highest BCUT2D eigenvalue weighted by atomic mass is 32.2. The Kier molecular flexibility index (Phi) is 4.75. The van der Waals surface area contributed by atoms with E-state index in [1.165, 1.54) is 43.5 Å². The summed E-state index contributed by atoms with van der Waals surface area (Å²) in [5, 5.41) is -0.153. The van der Waals surface area contributed by atoms with E-state index < -0.39 is 26.4 Å². The van der Waals surface area contributed by atoms with E-state index in [1.807, 2.05) is 0 Å². The summed E-state index contributed by atoms with van der Waals surface area (Å²) in [5.74, 6) is -0.713. The molecule has 0 amide bonds. The highest BCUT2D eigenvalue weighted by Gasteiger charge is 2.18. The number of carbonyl (C=O) groups excluding carboxylic acids is 1. The number of carbonyl (C=O) groups is 1. The number of Topliss-reactive ketones (excluding diaryl/α,β-unsaturated/α-hetero) is 1. The predicted molar refractivity (Wildman–Crippen MR) is 94.1 cm³/mol. The maximum absolute atomic E-state index is 13.0. The Bertz CT molecular complexity index is 1200. The van der Waals surface area contributed by atoms with Gasteiger partial charge in [0.1, 0.15) is 23.0 Å². The number of halogens is 1. The van der Waals surface area contributed by atoms with E-state index in [0.717, 1.165) is 10.8 Å². The molecule has 0 aliphatic carbocycles. The standard InChI is InChI=1S/C17H14FN3O5S/c1-10(22)9-21-15-11(8-19-17(20-15)27(2,24)25)7-14(16(21)23)26-13-5-3-12(18)4-6-13/h3-8H,9H2,1-2H3. The van der Waals surface area contributed by atoms with Crippen LogP contribution in [-0.4, -0.2) is 35.0 Å². The summed E-state index contributed by atoms with van der Waals surface area (Å²) < 4.78 is 42.9. The average Bonchev–Trinajstić information content (AvgIpc) is 2.59. The highest BCUT2D eigenvalue weighted by molar-refractivity contribution is 7.90. The van der Waals surface area contributed by atoms with Crippen LogP contribution in [0.4, 0.5) is 4.39 Å². The van der Waals surface area contributed by atoms with Crippen LogP contribution in [0.2, 0.25) is 0 Å². The van der Waals surface area contributed by atoms with Gasteiger partial charge < -0.3 is 4.74 Å². The van der Waals surface area contributed by atoms with E-state index in [4.69, 9.17) is 4.74 Å². The zero-order valence-electron chi connectivity index (χ0n) is 14.3. The van der Waals surface area contributed by atoms with Gasteiger partial charge in [0.2, 0.25) is 15.0 Å². The molecule has 1 aromatic carbocycles. The first-order valence-corrected chi connectivity index (χ1v) is 9.58. The van der Waals surface area contributed by atoms with Crippen molar-refractivity contribution in [2.24, 2.45) is 0 Å². The van der Waals surface area contributed by atoms with Gasteiger partial charge in [0.05, 0.1) is 6.54 Å². The van der Waals surface area contributed by atoms with Gasteiger partial charge in [0.25, 0.3) is 5.56 Å². The van der Waals surface area contributed by atoms with Gasteiger partial charge in [-0.05, 0) is 37.3 Å². The van der Waals surface area contributed by atoms with Gasteiger partial charge >= 0.3 is 0 Å². The van der Waals surface area contributed by atoms with Crippen molar-refractivity contribution >= 4 is 26.7 Å². The van der Waals surface area contributed by atoms with Crippen LogP contribution in [0.1, 0.15) is 6.92 Å². The molecule has 2 heterocycles. The van der Waals surface area contributed by atoms with Gasteiger partial charge in [0.15, 0.2) is 5.75 Å². The molecule has 8 nitrogen and oxygen atoms in total. The number of hydrogen-bond donors (Lipinski definition) is 0. The van der Waals surface area contributed by atoms with E-state index in [2.05, 4.69) is 9.97 Å². The lowest BCUT2D eigenvalue weighted by Gasteiger charge is -2.12. The monoisotopic (exact) mass is 391 g/mol. The third kappa shape index (κ3) is 4.00. The van der Waals surface area contributed by atoms with Crippen molar-refractivity contribution in [1.29, 1.82) is 0 Å². The Labute approximate surface area is 153 Å². The number of hydrogen-bond acceptors (Lipinski definition) is 7. The highest BCUT2D eigenvalue weighted by Crippen LogP contribution is 2.22. The van der Waals surface area contributed by atoms with Crippen LogP contribution < -0.4 is 10.3 Å². The number of aromatic nitrogens is 3. The number of nitrogens with zero attached hydrogens (tertiary/aromatic N) is 3. The molecule has 140 valence electrons. The quantitative estimate of drug-likeness (QED) is 0.609. The Hall–Kier alpha value is -3.14. The molecule has 0 saturated heterocycles. The molecule has 2 aromatic heterocycles. The normalized spacial score (nSPS) is 11.5. The van der Waals surface area contributed by atoms with Crippen molar-refractivity contribution in [3.8, 4) is 11.5 Å². The first-order chi connectivity index (χ1) is 12.6. The van der Waals surface area contributed by atoms with E-state index in [1.54, 1.807) is 0 Å². The molecule has 0 aliphatic rings. The van der Waals surface area contributed by atoms with Crippen LogP contribution in [-0.2, 0) is 21.2 Å². The van der Waals surface area contributed by atoms with Crippen molar-refractivity contribution < 1.29 is 22.3 Å². The Morgan fingerprint density at radius 2 is 1.93 bits per heavy atom. The third-order valence-corrected chi connectivity index (χ3v) is 4.39. The van der Waals surface area contributed by atoms with Gasteiger partial charge in [-0.15, -0.1) is 0 Å². The van der Waals surface area contributed by atoms with Crippen molar-refractivity contribution in [1.82, 2.24) is 14.5 Å². The Balaban J connectivity index is 2.21. The maximum atomic E-state index is 13.0. The zero-order valence-corrected chi connectivity index (χ0v) is 15.2. The fourth-order valence-corrected chi connectivity index (χ4v) is 2.86. The van der Waals surface area contributed by atoms with Crippen LogP contribution in [0, 0.1) is 5.82 Å². The van der Waals surface area contributed by atoms with Crippen LogP contribution >= 0.6 is 0 Å². The smallest absolute Gasteiger partial charge is 0.295 e. The number of rotatable bonds is 5. The fourth-order valence-electron chi connectivity index (χ4n) is 2.37. The average molecular weight is 391 g/mol. The van der Waals surface area contributed by atoms with E-state index in [9.17, 15) is 22.4 Å². The number of pyridine rings is 1. The minimum absolute atomic E-state index is 0.00270. The number of ether oxygens (including phenoxy) is 1. The van der Waals surface area contributed by atoms with Gasteiger partial charge in [0, 0.05) is 17.8 Å². The van der Waals surface area contributed by atoms with Crippen LogP contribution in [0.5, 0.6) is 11.5 Å². The second kappa shape index (κ2) is 6.88. The van der Waals surface area contributed by atoms with Gasteiger partial charge in [-0.2, -0.15) is 4.98 Å². The Morgan fingerprint density at radius 3 is 2.52 bits per heavy atom. The van der Waals surface area contributed by atoms with Crippen molar-refractivity contribution in [3.05, 3.63) is 52.7 Å². The topological polar surface area (TPSA) is 108 Å². The lowest BCUT2D eigenvalue weighted by Crippen LogP contribution is -2.25. The molecule has 0 N–H and O–H groups in total. The summed E-state index contributed by atoms with van der Waals surface area (Å²) in [4.78, 5) is 32.1. The zero-order chi connectivity index (χ0) is 19.8. The minimum Gasteiger partial charge on any atom is -0.452 e. The van der Waals surface area contributed by atoms with Gasteiger partial charge in [-0.1, -0.05) is 0 Å². The second-order valence-corrected chi connectivity index (χ2v) is 7.77. The molecule has 0 saturated carbocycles. The molecule has 3 rings (SSSR count). The summed E-state index contributed by atoms with van der Waals surface area (Å²) >= 11 is 0. The molecule has 0 fully saturated rings. The number of ketones is 1. The molecule has 3 aromatic rings. The van der Waals surface area contributed by atoms with Crippen molar-refractivity contribution in [2.45, 2.75) is 18.6 Å². The number of benzene rings is 1. The summed E-state index contributed by atoms with van der Waals surface area (Å²) in [5.41, 5.74) is -0.683. The second-order valence-electron chi connectivity index (χ2n) is 5.86. The summed E-state index contributed by atoms with van der Waals surface area (Å²) in [6.07, 6.45) is 2.17. The van der Waals surface area contributed by atoms with Crippen LogP contribution in [0.25, 0.3) is 11.0 Å². The Morgan fingerprint density at radius 1 is 1.26 bits per heavy atom. The van der Waals surface area contributed by atoms with Crippen molar-refractivity contribution in [3.63, 3.8) is 0 Å². The van der Waals surface area contributed by atoms with E-state index in [0.29, 0.717) is 5.39 Å². The van der Waals surface area contributed by atoms with Crippen LogP contribution in [0.3, 0.4) is 0 Å². The maximum Gasteiger partial charge on any atom is 0.295 e. The minimum atomic E-state index is -3.70. The molecule has 0 radical (unpaired) electrons. The molecule has 0 spiro atoms. The molecule has 10 heteroatoms. The predicted octanol–water partition coefficient (Wildman–Crippen LogP) is 1.72. The number of sulfone groups is 1. The summed E-state index contributed by atoms with van der Waals surface area (Å²) in [6.45, 7) is 0.959. The number of fused-ring (bicyclic) bond motifs is 1. The molecular weight excluding hydrogens is 377 g/mol. The molecular formula is C17H14FN3O5S. The molecule has 27 heavy (non-hydrogen) atoms. The molecule has 0 atom stereocenters. The first kappa shape index (κ1) is 18.6. The SMILES string of the molecule is CC(=O)Cn1c(=O)c(Oc2ccc(F)cc2)cc2cnc(S(C)(=O)=O)nc21. The van der Waals surface area contributed by atoms with Gasteiger partial charge in [-0.25, -0.2) is 17.8 Å². The fraction of sp³-hybridized carbons (Fsp3) is 0.176. The molecule has 0 bridgehead atoms. The third-order valence-electron chi connectivity index (χ3n) is 3.53. The lowest BCUT2D eigenvalue weighted by molar-refractivity contribution is -0.117. The van der Waals surface area contributed by atoms with Gasteiger partial charge in [-0.3, -0.25) is 14.2 Å². The van der Waals surface area contributed by atoms with E-state index in [-0.39, 0.29) is 29.5 Å². The van der Waals surface area contributed by atoms with E-state index >= 15 is 0 Å².